The second-order valence-corrected chi connectivity index (χ2v) is 13.5. The van der Waals surface area contributed by atoms with Crippen LogP contribution in [-0.4, -0.2) is 76.3 Å². The number of carbonyl (C=O) groups is 1. The number of hydrogen-bond donors (Lipinski definition) is 2. The maximum Gasteiger partial charge on any atom is 0.318 e. The molecule has 6 heterocycles. The second-order valence-electron chi connectivity index (χ2n) is 13.5. The Kier molecular flexibility index (Phi) is 6.71. The number of nitrogens with one attached hydrogen (secondary N) is 1. The fraction of sp³-hybridized carbons (Fsp3) is 0.559. The fourth-order valence-corrected chi connectivity index (χ4v) is 8.87. The monoisotopic (exact) mass is 600 g/mol. The van der Waals surface area contributed by atoms with Crippen LogP contribution < -0.4 is 19.9 Å². The van der Waals surface area contributed by atoms with E-state index >= 15 is 4.39 Å². The van der Waals surface area contributed by atoms with Gasteiger partial charge in [0.1, 0.15) is 29.6 Å². The van der Waals surface area contributed by atoms with Crippen LogP contribution in [-0.2, 0) is 13.0 Å². The van der Waals surface area contributed by atoms with Gasteiger partial charge in [0.2, 0.25) is 0 Å². The Balaban J connectivity index is 1.20. The average Bonchev–Trinajstić information content (AvgIpc) is 3.80. The topological polar surface area (TPSA) is 94.1 Å². The van der Waals surface area contributed by atoms with Gasteiger partial charge in [0.15, 0.2) is 0 Å². The average molecular weight is 601 g/mol. The SMILES string of the molecule is CCc1c(F)ccc2cc(O)cc(N3Cc4nc(OCC56CCCN5CCC6)nc(N5CCCC6(CCCN6)C5)c4C3=O)c12. The Morgan fingerprint density at radius 2 is 1.84 bits per heavy atom. The molecular formula is C34H41FN6O3. The Morgan fingerprint density at radius 1 is 1.05 bits per heavy atom. The summed E-state index contributed by atoms with van der Waals surface area (Å²) in [5, 5.41) is 15.8. The zero-order chi connectivity index (χ0) is 30.1. The highest BCUT2D eigenvalue weighted by Crippen LogP contribution is 2.43. The van der Waals surface area contributed by atoms with Crippen LogP contribution in [0.3, 0.4) is 0 Å². The normalized spacial score (nSPS) is 24.5. The first kappa shape index (κ1) is 28.0. The molecule has 0 radical (unpaired) electrons. The van der Waals surface area contributed by atoms with E-state index in [0.717, 1.165) is 71.2 Å². The van der Waals surface area contributed by atoms with Crippen LogP contribution in [0, 0.1) is 5.82 Å². The number of anilines is 2. The van der Waals surface area contributed by atoms with E-state index in [1.807, 2.05) is 6.92 Å². The van der Waals surface area contributed by atoms with Gasteiger partial charge in [0.25, 0.3) is 5.91 Å². The van der Waals surface area contributed by atoms with Gasteiger partial charge in [-0.25, -0.2) is 4.39 Å². The molecule has 3 aromatic rings. The third-order valence-corrected chi connectivity index (χ3v) is 11.0. The minimum atomic E-state index is -0.317. The van der Waals surface area contributed by atoms with Crippen molar-refractivity contribution in [2.24, 2.45) is 0 Å². The van der Waals surface area contributed by atoms with Crippen molar-refractivity contribution in [3.8, 4) is 11.8 Å². The molecule has 1 amide bonds. The molecule has 4 fully saturated rings. The molecule has 5 aliphatic rings. The molecule has 2 N–H and O–H groups in total. The van der Waals surface area contributed by atoms with Crippen molar-refractivity contribution in [3.63, 3.8) is 0 Å². The van der Waals surface area contributed by atoms with Crippen LogP contribution in [0.25, 0.3) is 10.8 Å². The maximum atomic E-state index is 15.0. The number of phenolic OH excluding ortho intramolecular Hbond substituents is 1. The quantitative estimate of drug-likeness (QED) is 0.412. The van der Waals surface area contributed by atoms with Crippen LogP contribution in [0.4, 0.5) is 15.9 Å². The molecule has 1 unspecified atom stereocenters. The lowest BCUT2D eigenvalue weighted by molar-refractivity contribution is 0.0995. The minimum Gasteiger partial charge on any atom is -0.508 e. The fourth-order valence-electron chi connectivity index (χ4n) is 8.87. The Bertz CT molecular complexity index is 1630. The lowest BCUT2D eigenvalue weighted by Crippen LogP contribution is -2.54. The summed E-state index contributed by atoms with van der Waals surface area (Å²) in [6, 6.07) is 6.60. The number of phenols is 1. The number of aromatic nitrogens is 2. The molecule has 44 heavy (non-hydrogen) atoms. The van der Waals surface area contributed by atoms with Crippen molar-refractivity contribution in [3.05, 3.63) is 46.9 Å². The first-order valence-electron chi connectivity index (χ1n) is 16.4. The maximum absolute atomic E-state index is 15.0. The summed E-state index contributed by atoms with van der Waals surface area (Å²) in [4.78, 5) is 30.7. The molecule has 9 nitrogen and oxygen atoms in total. The molecule has 10 heteroatoms. The summed E-state index contributed by atoms with van der Waals surface area (Å²) >= 11 is 0. The summed E-state index contributed by atoms with van der Waals surface area (Å²) < 4.78 is 21.5. The summed E-state index contributed by atoms with van der Waals surface area (Å²) in [6.07, 6.45) is 9.45. The molecule has 1 aromatic heterocycles. The number of fused-ring (bicyclic) bond motifs is 3. The summed E-state index contributed by atoms with van der Waals surface area (Å²) in [5.74, 6) is 0.114. The molecule has 8 rings (SSSR count). The van der Waals surface area contributed by atoms with E-state index in [1.165, 1.54) is 18.9 Å². The summed E-state index contributed by atoms with van der Waals surface area (Å²) in [7, 11) is 0. The summed E-state index contributed by atoms with van der Waals surface area (Å²) in [5.41, 5.74) is 2.20. The number of amides is 1. The zero-order valence-electron chi connectivity index (χ0n) is 25.5. The standard InChI is InChI=1S/C34H41FN6O3/c1-2-24-25(35)8-7-22-17-23(42)18-27(28(22)24)41-19-26-29(31(41)43)30(39-14-4-10-33(20-39)9-3-13-36-33)38-32(37-26)44-21-34-11-5-15-40(34)16-6-12-34/h7-8,17-18,36,42H,2-6,9-16,19-21H2,1H3. The smallest absolute Gasteiger partial charge is 0.318 e. The largest absolute Gasteiger partial charge is 0.508 e. The van der Waals surface area contributed by atoms with Gasteiger partial charge >= 0.3 is 6.01 Å². The van der Waals surface area contributed by atoms with Crippen molar-refractivity contribution >= 4 is 28.2 Å². The lowest BCUT2D eigenvalue weighted by atomic mass is 9.87. The van der Waals surface area contributed by atoms with E-state index in [1.54, 1.807) is 23.1 Å². The highest BCUT2D eigenvalue weighted by atomic mass is 19.1. The van der Waals surface area contributed by atoms with Crippen LogP contribution in [0.1, 0.15) is 79.9 Å². The second kappa shape index (κ2) is 10.5. The van der Waals surface area contributed by atoms with Crippen LogP contribution in [0.5, 0.6) is 11.8 Å². The van der Waals surface area contributed by atoms with E-state index in [2.05, 4.69) is 15.1 Å². The van der Waals surface area contributed by atoms with Gasteiger partial charge in [-0.15, -0.1) is 0 Å². The summed E-state index contributed by atoms with van der Waals surface area (Å²) in [6.45, 7) is 7.47. The third kappa shape index (κ3) is 4.43. The predicted molar refractivity (Wildman–Crippen MR) is 167 cm³/mol. The van der Waals surface area contributed by atoms with Gasteiger partial charge in [-0.05, 0) is 101 Å². The van der Waals surface area contributed by atoms with Gasteiger partial charge in [-0.2, -0.15) is 9.97 Å². The predicted octanol–water partition coefficient (Wildman–Crippen LogP) is 4.93. The number of aromatic hydroxyl groups is 1. The molecule has 5 aliphatic heterocycles. The highest BCUT2D eigenvalue weighted by Gasteiger charge is 2.46. The Morgan fingerprint density at radius 3 is 2.61 bits per heavy atom. The molecule has 0 saturated carbocycles. The lowest BCUT2D eigenvalue weighted by Gasteiger charge is -2.41. The zero-order valence-corrected chi connectivity index (χ0v) is 25.5. The van der Waals surface area contributed by atoms with E-state index in [4.69, 9.17) is 14.7 Å². The van der Waals surface area contributed by atoms with Crippen LogP contribution >= 0.6 is 0 Å². The van der Waals surface area contributed by atoms with Gasteiger partial charge in [-0.1, -0.05) is 13.0 Å². The van der Waals surface area contributed by atoms with Crippen molar-refractivity contribution in [2.75, 3.05) is 49.1 Å². The minimum absolute atomic E-state index is 0.0284. The molecule has 0 bridgehead atoms. The molecular weight excluding hydrogens is 559 g/mol. The van der Waals surface area contributed by atoms with Crippen molar-refractivity contribution < 1.29 is 19.0 Å². The Labute approximate surface area is 257 Å². The van der Waals surface area contributed by atoms with Crippen molar-refractivity contribution in [2.45, 2.75) is 82.3 Å². The number of ether oxygens (including phenoxy) is 1. The molecule has 0 aliphatic carbocycles. The van der Waals surface area contributed by atoms with Gasteiger partial charge in [0.05, 0.1) is 23.5 Å². The number of carbonyl (C=O) groups excluding carboxylic acids is 1. The molecule has 1 spiro atoms. The van der Waals surface area contributed by atoms with Crippen molar-refractivity contribution in [1.82, 2.24) is 20.2 Å². The van der Waals surface area contributed by atoms with E-state index in [-0.39, 0.29) is 35.1 Å². The molecule has 4 saturated heterocycles. The highest BCUT2D eigenvalue weighted by molar-refractivity contribution is 6.16. The number of aryl methyl sites for hydroxylation is 1. The van der Waals surface area contributed by atoms with E-state index in [0.29, 0.717) is 58.1 Å². The van der Waals surface area contributed by atoms with Gasteiger partial charge in [-0.3, -0.25) is 9.69 Å². The number of piperidine rings is 1. The van der Waals surface area contributed by atoms with Gasteiger partial charge < -0.3 is 25.0 Å². The number of nitrogens with zero attached hydrogens (tertiary/aromatic N) is 5. The van der Waals surface area contributed by atoms with Crippen LogP contribution in [0.15, 0.2) is 24.3 Å². The van der Waals surface area contributed by atoms with Crippen molar-refractivity contribution in [1.29, 1.82) is 0 Å². The van der Waals surface area contributed by atoms with Gasteiger partial charge in [0, 0.05) is 30.1 Å². The number of hydrogen-bond acceptors (Lipinski definition) is 8. The number of halogens is 1. The first-order valence-corrected chi connectivity index (χ1v) is 16.4. The number of benzene rings is 2. The van der Waals surface area contributed by atoms with E-state index in [9.17, 15) is 9.90 Å². The Hall–Kier alpha value is -3.50. The third-order valence-electron chi connectivity index (χ3n) is 11.0. The van der Waals surface area contributed by atoms with E-state index < -0.39 is 0 Å². The molecule has 232 valence electrons. The molecule has 2 aromatic carbocycles. The van der Waals surface area contributed by atoms with Crippen LogP contribution in [0.2, 0.25) is 0 Å². The first-order chi connectivity index (χ1) is 21.4. The number of rotatable bonds is 6. The molecule has 1 atom stereocenters.